The number of carbonyl (C=O) groups is 1. The minimum Gasteiger partial charge on any atom is -0.485 e. The molecular weight excluding hydrogens is 394 g/mol. The highest BCUT2D eigenvalue weighted by Gasteiger charge is 2.14. The second-order valence-corrected chi connectivity index (χ2v) is 7.99. The van der Waals surface area contributed by atoms with Crippen LogP contribution in [0.3, 0.4) is 0 Å². The molecule has 0 aliphatic rings. The third kappa shape index (κ3) is 4.71. The van der Waals surface area contributed by atoms with E-state index < -0.39 is 0 Å². The van der Waals surface area contributed by atoms with Crippen LogP contribution in [0.25, 0.3) is 0 Å². The molecule has 3 rings (SSSR count). The van der Waals surface area contributed by atoms with Gasteiger partial charge in [0.2, 0.25) is 5.91 Å². The van der Waals surface area contributed by atoms with Crippen molar-refractivity contribution in [2.45, 2.75) is 25.6 Å². The molecule has 1 amide bonds. The van der Waals surface area contributed by atoms with E-state index in [9.17, 15) is 4.79 Å². The number of hydrogen-bond donors (Lipinski definition) is 1. The molecule has 0 radical (unpaired) electrons. The second-order valence-electron chi connectivity index (χ2n) is 6.13. The van der Waals surface area contributed by atoms with Crippen molar-refractivity contribution < 1.29 is 9.53 Å². The van der Waals surface area contributed by atoms with Crippen molar-refractivity contribution >= 4 is 34.0 Å². The zero-order valence-electron chi connectivity index (χ0n) is 15.7. The topological polar surface area (TPSA) is 92.8 Å². The molecule has 3 aromatic rings. The van der Waals surface area contributed by atoms with Crippen LogP contribution >= 0.6 is 23.1 Å². The standard InChI is InChI=1S/C19H19N5O2S2/c1-12-4-5-15(13(2)8-12)26-10-16-22-23-19(24(16)3)28-11-17(25)21-18-14(9-20)6-7-27-18/h4-8H,10-11H2,1-3H3,(H,21,25). The number of nitriles is 1. The third-order valence-corrected chi connectivity index (χ3v) is 5.83. The van der Waals surface area contributed by atoms with Crippen LogP contribution in [-0.4, -0.2) is 26.4 Å². The van der Waals surface area contributed by atoms with Gasteiger partial charge in [-0.15, -0.1) is 21.5 Å². The summed E-state index contributed by atoms with van der Waals surface area (Å²) in [6.07, 6.45) is 0. The summed E-state index contributed by atoms with van der Waals surface area (Å²) in [7, 11) is 1.84. The number of benzene rings is 1. The largest absolute Gasteiger partial charge is 0.485 e. The van der Waals surface area contributed by atoms with Gasteiger partial charge in [0.1, 0.15) is 23.4 Å². The van der Waals surface area contributed by atoms with Crippen molar-refractivity contribution in [1.82, 2.24) is 14.8 Å². The van der Waals surface area contributed by atoms with Crippen molar-refractivity contribution in [2.24, 2.45) is 7.05 Å². The lowest BCUT2D eigenvalue weighted by Gasteiger charge is -2.09. The summed E-state index contributed by atoms with van der Waals surface area (Å²) in [5.41, 5.74) is 2.72. The van der Waals surface area contributed by atoms with E-state index in [1.165, 1.54) is 28.7 Å². The van der Waals surface area contributed by atoms with E-state index in [1.807, 2.05) is 37.6 Å². The Balaban J connectivity index is 1.55. The summed E-state index contributed by atoms with van der Waals surface area (Å²) in [5, 5.41) is 23.0. The summed E-state index contributed by atoms with van der Waals surface area (Å²) in [6.45, 7) is 4.34. The highest BCUT2D eigenvalue weighted by atomic mass is 32.2. The molecule has 9 heteroatoms. The maximum atomic E-state index is 12.1. The van der Waals surface area contributed by atoms with Crippen molar-refractivity contribution in [1.29, 1.82) is 5.26 Å². The van der Waals surface area contributed by atoms with Gasteiger partial charge in [-0.1, -0.05) is 29.5 Å². The number of thiophene rings is 1. The van der Waals surface area contributed by atoms with Gasteiger partial charge in [-0.25, -0.2) is 0 Å². The number of aromatic nitrogens is 3. The zero-order chi connectivity index (χ0) is 20.1. The smallest absolute Gasteiger partial charge is 0.235 e. The number of nitrogens with zero attached hydrogens (tertiary/aromatic N) is 4. The zero-order valence-corrected chi connectivity index (χ0v) is 17.4. The molecule has 0 aliphatic heterocycles. The minimum atomic E-state index is -0.194. The lowest BCUT2D eigenvalue weighted by Crippen LogP contribution is -2.14. The first kappa shape index (κ1) is 19.9. The number of amides is 1. The number of anilines is 1. The number of aryl methyl sites for hydroxylation is 2. The molecule has 2 heterocycles. The molecular formula is C19H19N5O2S2. The van der Waals surface area contributed by atoms with Crippen LogP contribution in [0.4, 0.5) is 5.00 Å². The molecule has 7 nitrogen and oxygen atoms in total. The van der Waals surface area contributed by atoms with Gasteiger partial charge in [-0.3, -0.25) is 4.79 Å². The Morgan fingerprint density at radius 3 is 2.93 bits per heavy atom. The van der Waals surface area contributed by atoms with Crippen LogP contribution < -0.4 is 10.1 Å². The summed E-state index contributed by atoms with van der Waals surface area (Å²) in [6, 6.07) is 9.75. The first-order chi connectivity index (χ1) is 13.5. The number of rotatable bonds is 7. The summed E-state index contributed by atoms with van der Waals surface area (Å²) in [5.74, 6) is 1.46. The molecule has 0 spiro atoms. The van der Waals surface area contributed by atoms with Gasteiger partial charge in [0.15, 0.2) is 11.0 Å². The lowest BCUT2D eigenvalue weighted by atomic mass is 10.1. The number of nitrogens with one attached hydrogen (secondary N) is 1. The Labute approximate surface area is 171 Å². The van der Waals surface area contributed by atoms with E-state index in [0.29, 0.717) is 28.2 Å². The molecule has 0 saturated carbocycles. The van der Waals surface area contributed by atoms with Crippen LogP contribution in [-0.2, 0) is 18.4 Å². The Bertz CT molecular complexity index is 1040. The first-order valence-corrected chi connectivity index (χ1v) is 10.3. The van der Waals surface area contributed by atoms with Crippen LogP contribution in [0.2, 0.25) is 0 Å². The molecule has 144 valence electrons. The molecule has 0 atom stereocenters. The molecule has 0 bridgehead atoms. The molecule has 0 aliphatic carbocycles. The molecule has 0 unspecified atom stereocenters. The van der Waals surface area contributed by atoms with Gasteiger partial charge >= 0.3 is 0 Å². The number of hydrogen-bond acceptors (Lipinski definition) is 7. The van der Waals surface area contributed by atoms with Crippen molar-refractivity contribution in [3.8, 4) is 11.8 Å². The fourth-order valence-corrected chi connectivity index (χ4v) is 3.97. The summed E-state index contributed by atoms with van der Waals surface area (Å²) in [4.78, 5) is 12.1. The van der Waals surface area contributed by atoms with Gasteiger partial charge in [0.25, 0.3) is 0 Å². The second kappa shape index (κ2) is 8.91. The lowest BCUT2D eigenvalue weighted by molar-refractivity contribution is -0.113. The minimum absolute atomic E-state index is 0.173. The molecule has 1 N–H and O–H groups in total. The van der Waals surface area contributed by atoms with Crippen LogP contribution in [0.15, 0.2) is 34.8 Å². The molecule has 28 heavy (non-hydrogen) atoms. The van der Waals surface area contributed by atoms with E-state index in [1.54, 1.807) is 11.4 Å². The van der Waals surface area contributed by atoms with Gasteiger partial charge in [0.05, 0.1) is 11.3 Å². The average Bonchev–Trinajstić information content (AvgIpc) is 3.25. The highest BCUT2D eigenvalue weighted by Crippen LogP contribution is 2.24. The predicted molar refractivity (Wildman–Crippen MR) is 110 cm³/mol. The van der Waals surface area contributed by atoms with E-state index in [0.717, 1.165) is 11.3 Å². The van der Waals surface area contributed by atoms with Gasteiger partial charge in [-0.2, -0.15) is 5.26 Å². The monoisotopic (exact) mass is 413 g/mol. The van der Waals surface area contributed by atoms with Crippen molar-refractivity contribution in [3.05, 3.63) is 52.2 Å². The maximum absolute atomic E-state index is 12.1. The number of carbonyl (C=O) groups excluding carboxylic acids is 1. The Hall–Kier alpha value is -2.83. The molecule has 0 fully saturated rings. The van der Waals surface area contributed by atoms with Crippen molar-refractivity contribution in [3.63, 3.8) is 0 Å². The van der Waals surface area contributed by atoms with Gasteiger partial charge in [0, 0.05) is 7.05 Å². The van der Waals surface area contributed by atoms with Gasteiger partial charge in [-0.05, 0) is 36.9 Å². The average molecular weight is 414 g/mol. The molecule has 2 aromatic heterocycles. The maximum Gasteiger partial charge on any atom is 0.235 e. The molecule has 0 saturated heterocycles. The van der Waals surface area contributed by atoms with Crippen LogP contribution in [0.5, 0.6) is 5.75 Å². The normalized spacial score (nSPS) is 10.5. The Morgan fingerprint density at radius 1 is 1.36 bits per heavy atom. The first-order valence-electron chi connectivity index (χ1n) is 8.46. The Kier molecular flexibility index (Phi) is 6.34. The molecule has 1 aromatic carbocycles. The van der Waals surface area contributed by atoms with E-state index in [2.05, 4.69) is 27.6 Å². The quantitative estimate of drug-likeness (QED) is 0.594. The highest BCUT2D eigenvalue weighted by molar-refractivity contribution is 7.99. The van der Waals surface area contributed by atoms with E-state index in [-0.39, 0.29) is 11.7 Å². The Morgan fingerprint density at radius 2 is 2.18 bits per heavy atom. The number of thioether (sulfide) groups is 1. The fraction of sp³-hybridized carbons (Fsp3) is 0.263. The van der Waals surface area contributed by atoms with Crippen LogP contribution in [0.1, 0.15) is 22.5 Å². The van der Waals surface area contributed by atoms with E-state index >= 15 is 0 Å². The SMILES string of the molecule is Cc1ccc(OCc2nnc(SCC(=O)Nc3sccc3C#N)n2C)c(C)c1. The summed E-state index contributed by atoms with van der Waals surface area (Å²) < 4.78 is 7.66. The van der Waals surface area contributed by atoms with Crippen LogP contribution in [0, 0.1) is 25.2 Å². The summed E-state index contributed by atoms with van der Waals surface area (Å²) >= 11 is 2.61. The predicted octanol–water partition coefficient (Wildman–Crippen LogP) is 3.67. The third-order valence-electron chi connectivity index (χ3n) is 3.98. The van der Waals surface area contributed by atoms with E-state index in [4.69, 9.17) is 10.00 Å². The fourth-order valence-electron chi connectivity index (χ4n) is 2.49. The number of ether oxygens (including phenoxy) is 1. The van der Waals surface area contributed by atoms with Gasteiger partial charge < -0.3 is 14.6 Å². The van der Waals surface area contributed by atoms with Crippen molar-refractivity contribution in [2.75, 3.05) is 11.1 Å².